The number of piperidine rings is 1. The molecule has 0 radical (unpaired) electrons. The highest BCUT2D eigenvalue weighted by atomic mass is 19.1. The first-order valence-electron chi connectivity index (χ1n) is 9.99. The number of hydrogen-bond acceptors (Lipinski definition) is 3. The zero-order valence-corrected chi connectivity index (χ0v) is 16.7. The van der Waals surface area contributed by atoms with Crippen molar-refractivity contribution in [2.45, 2.75) is 38.6 Å². The van der Waals surface area contributed by atoms with Crippen LogP contribution in [-0.2, 0) is 11.2 Å². The average molecular weight is 384 g/mol. The number of nitrogens with zero attached hydrogens (tertiary/aromatic N) is 1. The Morgan fingerprint density at radius 2 is 1.86 bits per heavy atom. The van der Waals surface area contributed by atoms with Crippen LogP contribution < -0.4 is 10.1 Å². The lowest BCUT2D eigenvalue weighted by Crippen LogP contribution is -2.46. The number of carbonyl (C=O) groups excluding carboxylic acids is 1. The molecule has 2 aromatic rings. The van der Waals surface area contributed by atoms with Crippen LogP contribution in [0.4, 0.5) is 10.1 Å². The van der Waals surface area contributed by atoms with E-state index < -0.39 is 5.82 Å². The number of aryl methyl sites for hydroxylation is 1. The molecule has 0 bridgehead atoms. The molecule has 1 heterocycles. The van der Waals surface area contributed by atoms with Gasteiger partial charge in [0.15, 0.2) is 0 Å². The standard InChI is InChI=1S/C23H29FN2O2/c1-17(23(27)25-22-6-4-3-5-21(22)24)26-15-13-19(14-16-26)8-7-18-9-11-20(28-2)12-10-18/h3-6,9-12,17,19H,7-8,13-16H2,1-2H3,(H,25,27). The van der Waals surface area contributed by atoms with E-state index in [0.717, 1.165) is 44.5 Å². The highest BCUT2D eigenvalue weighted by molar-refractivity contribution is 5.94. The molecule has 1 aliphatic heterocycles. The number of benzene rings is 2. The molecule has 1 aliphatic rings. The number of para-hydroxylation sites is 1. The number of amides is 1. The molecule has 0 saturated carbocycles. The summed E-state index contributed by atoms with van der Waals surface area (Å²) in [5, 5.41) is 2.71. The number of methoxy groups -OCH3 is 1. The third kappa shape index (κ3) is 5.32. The molecule has 1 saturated heterocycles. The Bertz CT molecular complexity index is 770. The van der Waals surface area contributed by atoms with E-state index in [1.165, 1.54) is 11.6 Å². The van der Waals surface area contributed by atoms with Crippen LogP contribution in [0.15, 0.2) is 48.5 Å². The van der Waals surface area contributed by atoms with Crippen LogP contribution in [0, 0.1) is 11.7 Å². The third-order valence-corrected chi connectivity index (χ3v) is 5.71. The van der Waals surface area contributed by atoms with Gasteiger partial charge in [-0.3, -0.25) is 9.69 Å². The van der Waals surface area contributed by atoms with Gasteiger partial charge in [0.25, 0.3) is 0 Å². The van der Waals surface area contributed by atoms with Crippen molar-refractivity contribution in [3.05, 3.63) is 59.9 Å². The lowest BCUT2D eigenvalue weighted by atomic mass is 9.90. The number of halogens is 1. The van der Waals surface area contributed by atoms with E-state index in [9.17, 15) is 9.18 Å². The van der Waals surface area contributed by atoms with Crippen molar-refractivity contribution in [1.82, 2.24) is 4.90 Å². The summed E-state index contributed by atoms with van der Waals surface area (Å²) in [5.74, 6) is 1.02. The van der Waals surface area contributed by atoms with E-state index in [1.807, 2.05) is 19.1 Å². The first-order chi connectivity index (χ1) is 13.6. The summed E-state index contributed by atoms with van der Waals surface area (Å²) in [6, 6.07) is 14.3. The van der Waals surface area contributed by atoms with Gasteiger partial charge >= 0.3 is 0 Å². The number of carbonyl (C=O) groups is 1. The minimum Gasteiger partial charge on any atom is -0.497 e. The third-order valence-electron chi connectivity index (χ3n) is 5.71. The molecule has 1 fully saturated rings. The van der Waals surface area contributed by atoms with Crippen molar-refractivity contribution in [2.24, 2.45) is 5.92 Å². The number of nitrogens with one attached hydrogen (secondary N) is 1. The largest absolute Gasteiger partial charge is 0.497 e. The van der Waals surface area contributed by atoms with Crippen molar-refractivity contribution in [3.63, 3.8) is 0 Å². The Balaban J connectivity index is 1.43. The fourth-order valence-corrected chi connectivity index (χ4v) is 3.76. The average Bonchev–Trinajstić information content (AvgIpc) is 2.74. The monoisotopic (exact) mass is 384 g/mol. The van der Waals surface area contributed by atoms with Gasteiger partial charge in [0.2, 0.25) is 5.91 Å². The molecule has 4 nitrogen and oxygen atoms in total. The van der Waals surface area contributed by atoms with Crippen molar-refractivity contribution in [1.29, 1.82) is 0 Å². The van der Waals surface area contributed by atoms with Gasteiger partial charge in [0.05, 0.1) is 18.8 Å². The van der Waals surface area contributed by atoms with Crippen LogP contribution in [0.3, 0.4) is 0 Å². The smallest absolute Gasteiger partial charge is 0.241 e. The van der Waals surface area contributed by atoms with Crippen LogP contribution in [-0.4, -0.2) is 37.0 Å². The van der Waals surface area contributed by atoms with Crippen molar-refractivity contribution in [3.8, 4) is 5.75 Å². The Hall–Kier alpha value is -2.40. The maximum Gasteiger partial charge on any atom is 0.241 e. The quantitative estimate of drug-likeness (QED) is 0.764. The summed E-state index contributed by atoms with van der Waals surface area (Å²) in [5.41, 5.74) is 1.58. The Labute approximate surface area is 166 Å². The lowest BCUT2D eigenvalue weighted by molar-refractivity contribution is -0.121. The number of ether oxygens (including phenoxy) is 1. The number of likely N-dealkylation sites (tertiary alicyclic amines) is 1. The first-order valence-corrected chi connectivity index (χ1v) is 9.99. The van der Waals surface area contributed by atoms with Crippen LogP contribution in [0.1, 0.15) is 31.7 Å². The summed E-state index contributed by atoms with van der Waals surface area (Å²) in [7, 11) is 1.68. The van der Waals surface area contributed by atoms with Gasteiger partial charge in [-0.05, 0) is 81.4 Å². The first kappa shape index (κ1) is 20.3. The zero-order valence-electron chi connectivity index (χ0n) is 16.7. The minimum atomic E-state index is -0.403. The fourth-order valence-electron chi connectivity index (χ4n) is 3.76. The van der Waals surface area contributed by atoms with Gasteiger partial charge < -0.3 is 10.1 Å². The molecule has 1 atom stereocenters. The zero-order chi connectivity index (χ0) is 19.9. The van der Waals surface area contributed by atoms with Crippen LogP contribution in [0.5, 0.6) is 5.75 Å². The molecule has 1 amide bonds. The molecular formula is C23H29FN2O2. The predicted octanol–water partition coefficient (Wildman–Crippen LogP) is 4.51. The van der Waals surface area contributed by atoms with Gasteiger partial charge in [-0.15, -0.1) is 0 Å². The van der Waals surface area contributed by atoms with Gasteiger partial charge in [-0.1, -0.05) is 24.3 Å². The molecule has 1 unspecified atom stereocenters. The van der Waals surface area contributed by atoms with E-state index in [-0.39, 0.29) is 17.6 Å². The topological polar surface area (TPSA) is 41.6 Å². The highest BCUT2D eigenvalue weighted by Gasteiger charge is 2.26. The van der Waals surface area contributed by atoms with E-state index in [1.54, 1.807) is 25.3 Å². The number of rotatable bonds is 7. The summed E-state index contributed by atoms with van der Waals surface area (Å²) in [6.07, 6.45) is 4.41. The summed E-state index contributed by atoms with van der Waals surface area (Å²) >= 11 is 0. The summed E-state index contributed by atoms with van der Waals surface area (Å²) in [6.45, 7) is 3.70. The van der Waals surface area contributed by atoms with Gasteiger partial charge in [0, 0.05) is 0 Å². The molecule has 0 spiro atoms. The molecule has 0 aliphatic carbocycles. The van der Waals surface area contributed by atoms with Crippen LogP contribution in [0.25, 0.3) is 0 Å². The molecule has 2 aromatic carbocycles. The second-order valence-corrected chi connectivity index (χ2v) is 7.51. The van der Waals surface area contributed by atoms with Gasteiger partial charge in [0.1, 0.15) is 11.6 Å². The molecule has 3 rings (SSSR count). The summed E-state index contributed by atoms with van der Waals surface area (Å²) in [4.78, 5) is 14.7. The predicted molar refractivity (Wildman–Crippen MR) is 110 cm³/mol. The molecule has 150 valence electrons. The maximum atomic E-state index is 13.7. The number of hydrogen-bond donors (Lipinski definition) is 1. The molecule has 28 heavy (non-hydrogen) atoms. The second kappa shape index (κ2) is 9.69. The second-order valence-electron chi connectivity index (χ2n) is 7.51. The van der Waals surface area contributed by atoms with Crippen molar-refractivity contribution >= 4 is 11.6 Å². The highest BCUT2D eigenvalue weighted by Crippen LogP contribution is 2.25. The van der Waals surface area contributed by atoms with Crippen LogP contribution in [0.2, 0.25) is 0 Å². The molecule has 0 aromatic heterocycles. The van der Waals surface area contributed by atoms with Crippen molar-refractivity contribution in [2.75, 3.05) is 25.5 Å². The molecule has 1 N–H and O–H groups in total. The Kier molecular flexibility index (Phi) is 7.04. The van der Waals surface area contributed by atoms with Gasteiger partial charge in [-0.2, -0.15) is 0 Å². The van der Waals surface area contributed by atoms with E-state index in [0.29, 0.717) is 5.92 Å². The molecular weight excluding hydrogens is 355 g/mol. The van der Waals surface area contributed by atoms with Crippen LogP contribution >= 0.6 is 0 Å². The Morgan fingerprint density at radius 3 is 2.50 bits per heavy atom. The Morgan fingerprint density at radius 1 is 1.18 bits per heavy atom. The maximum absolute atomic E-state index is 13.7. The lowest BCUT2D eigenvalue weighted by Gasteiger charge is -2.35. The van der Waals surface area contributed by atoms with E-state index in [4.69, 9.17) is 4.74 Å². The van der Waals surface area contributed by atoms with Crippen molar-refractivity contribution < 1.29 is 13.9 Å². The van der Waals surface area contributed by atoms with E-state index in [2.05, 4.69) is 22.3 Å². The SMILES string of the molecule is COc1ccc(CCC2CCN(C(C)C(=O)Nc3ccccc3F)CC2)cc1. The van der Waals surface area contributed by atoms with E-state index >= 15 is 0 Å². The minimum absolute atomic E-state index is 0.151. The summed E-state index contributed by atoms with van der Waals surface area (Å²) < 4.78 is 18.9. The normalized spacial score (nSPS) is 16.5. The molecule has 5 heteroatoms. The number of anilines is 1. The van der Waals surface area contributed by atoms with Gasteiger partial charge in [-0.25, -0.2) is 4.39 Å². The fraction of sp³-hybridized carbons (Fsp3) is 0.435.